The molecule has 1 unspecified atom stereocenters. The Kier molecular flexibility index (Phi) is 7.49. The number of nitrogens with zero attached hydrogens (tertiary/aromatic N) is 1. The Bertz CT molecular complexity index is 896. The van der Waals surface area contributed by atoms with Gasteiger partial charge in [-0.25, -0.2) is 8.57 Å². The van der Waals surface area contributed by atoms with Crippen molar-refractivity contribution in [1.29, 1.82) is 0 Å². The van der Waals surface area contributed by atoms with Crippen LogP contribution in [-0.2, 0) is 9.73 Å². The minimum atomic E-state index is -2.64. The van der Waals surface area contributed by atoms with Gasteiger partial charge in [0.1, 0.15) is 0 Å². The van der Waals surface area contributed by atoms with Crippen molar-refractivity contribution in [3.63, 3.8) is 0 Å². The largest absolute Gasteiger partial charge is 0.388 e. The van der Waals surface area contributed by atoms with Gasteiger partial charge in [-0.3, -0.25) is 0 Å². The van der Waals surface area contributed by atoms with Crippen molar-refractivity contribution in [2.75, 3.05) is 7.05 Å². The standard InChI is InChI=1S/C23H28BrNO2S/c1-25-28(27,21-10-6-3-7-11-21)17-16-22(18-8-4-2-5-9-18)23(26)19-12-14-20(24)15-13-19/h3,6-7,10-18,22-23,26H,2,4-5,8-9H2,1H3/b17-16-/t22-,23-,28?/m0/s1. The van der Waals surface area contributed by atoms with Crippen molar-refractivity contribution >= 4 is 25.7 Å². The van der Waals surface area contributed by atoms with Crippen molar-refractivity contribution < 1.29 is 9.32 Å². The first kappa shape index (κ1) is 21.3. The fourth-order valence-corrected chi connectivity index (χ4v) is 5.67. The number of halogens is 1. The van der Waals surface area contributed by atoms with Gasteiger partial charge in [-0.05, 0) is 48.6 Å². The molecule has 1 aliphatic carbocycles. The molecule has 5 heteroatoms. The normalized spacial score (nSPS) is 19.8. The maximum absolute atomic E-state index is 13.4. The Morgan fingerprint density at radius 2 is 1.71 bits per heavy atom. The molecule has 1 fully saturated rings. The molecule has 0 bridgehead atoms. The van der Waals surface area contributed by atoms with Crippen LogP contribution in [0.15, 0.2) is 79.8 Å². The summed E-state index contributed by atoms with van der Waals surface area (Å²) in [6.07, 6.45) is 7.17. The summed E-state index contributed by atoms with van der Waals surface area (Å²) in [5.74, 6) is 0.313. The van der Waals surface area contributed by atoms with E-state index in [1.807, 2.05) is 60.7 Å². The van der Waals surface area contributed by atoms with Crippen molar-refractivity contribution in [1.82, 2.24) is 0 Å². The molecule has 3 nitrogen and oxygen atoms in total. The molecule has 0 aromatic heterocycles. The third-order valence-corrected chi connectivity index (χ3v) is 8.15. The molecule has 1 N–H and O–H groups in total. The fourth-order valence-electron chi connectivity index (χ4n) is 3.98. The van der Waals surface area contributed by atoms with E-state index in [0.29, 0.717) is 10.8 Å². The van der Waals surface area contributed by atoms with E-state index in [9.17, 15) is 9.32 Å². The molecule has 0 aliphatic heterocycles. The number of hydrogen-bond donors (Lipinski definition) is 1. The first-order valence-electron chi connectivity index (χ1n) is 9.85. The van der Waals surface area contributed by atoms with Gasteiger partial charge >= 0.3 is 0 Å². The molecule has 0 amide bonds. The van der Waals surface area contributed by atoms with Gasteiger partial charge < -0.3 is 5.11 Å². The first-order chi connectivity index (χ1) is 13.5. The van der Waals surface area contributed by atoms with Crippen LogP contribution >= 0.6 is 15.9 Å². The Hall–Kier alpha value is -1.43. The monoisotopic (exact) mass is 461 g/mol. The maximum atomic E-state index is 13.4. The van der Waals surface area contributed by atoms with Crippen LogP contribution in [-0.4, -0.2) is 16.4 Å². The van der Waals surface area contributed by atoms with E-state index in [4.69, 9.17) is 0 Å². The summed E-state index contributed by atoms with van der Waals surface area (Å²) in [5.41, 5.74) is 0.892. The van der Waals surface area contributed by atoms with E-state index in [1.165, 1.54) is 19.3 Å². The zero-order chi connectivity index (χ0) is 20.0. The van der Waals surface area contributed by atoms with Crippen LogP contribution in [0.3, 0.4) is 0 Å². The molecule has 0 saturated heterocycles. The highest BCUT2D eigenvalue weighted by molar-refractivity contribution is 9.10. The quantitative estimate of drug-likeness (QED) is 0.544. The van der Waals surface area contributed by atoms with E-state index in [0.717, 1.165) is 22.9 Å². The molecule has 3 atom stereocenters. The highest BCUT2D eigenvalue weighted by Gasteiger charge is 2.29. The van der Waals surface area contributed by atoms with Crippen LogP contribution in [0.4, 0.5) is 0 Å². The summed E-state index contributed by atoms with van der Waals surface area (Å²) in [5, 5.41) is 12.9. The number of rotatable bonds is 6. The van der Waals surface area contributed by atoms with Gasteiger partial charge in [0.05, 0.1) is 20.7 Å². The Morgan fingerprint density at radius 3 is 2.32 bits per heavy atom. The van der Waals surface area contributed by atoms with Gasteiger partial charge in [0.2, 0.25) is 0 Å². The first-order valence-corrected chi connectivity index (χ1v) is 12.2. The molecular weight excluding hydrogens is 434 g/mol. The van der Waals surface area contributed by atoms with Gasteiger partial charge in [-0.1, -0.05) is 71.6 Å². The second kappa shape index (κ2) is 9.86. The van der Waals surface area contributed by atoms with Gasteiger partial charge in [-0.2, -0.15) is 0 Å². The van der Waals surface area contributed by atoms with Gasteiger partial charge in [-0.15, -0.1) is 0 Å². The van der Waals surface area contributed by atoms with E-state index < -0.39 is 15.8 Å². The average Bonchev–Trinajstić information content (AvgIpc) is 2.75. The lowest BCUT2D eigenvalue weighted by Gasteiger charge is -2.32. The second-order valence-corrected chi connectivity index (χ2v) is 10.5. The van der Waals surface area contributed by atoms with E-state index in [1.54, 1.807) is 12.5 Å². The lowest BCUT2D eigenvalue weighted by molar-refractivity contribution is 0.0849. The highest BCUT2D eigenvalue weighted by atomic mass is 79.9. The number of hydrogen-bond acceptors (Lipinski definition) is 3. The second-order valence-electron chi connectivity index (χ2n) is 7.36. The minimum Gasteiger partial charge on any atom is -0.388 e. The molecule has 1 aliphatic rings. The number of aliphatic hydroxyl groups excluding tert-OH is 1. The fraction of sp³-hybridized carbons (Fsp3) is 0.391. The van der Waals surface area contributed by atoms with E-state index >= 15 is 0 Å². The van der Waals surface area contributed by atoms with Gasteiger partial charge in [0.25, 0.3) is 0 Å². The maximum Gasteiger partial charge on any atom is 0.0963 e. The summed E-state index contributed by atoms with van der Waals surface area (Å²) in [4.78, 5) is 0.703. The van der Waals surface area contributed by atoms with Crippen LogP contribution in [0.5, 0.6) is 0 Å². The molecule has 1 saturated carbocycles. The Morgan fingerprint density at radius 1 is 1.07 bits per heavy atom. The summed E-state index contributed by atoms with van der Waals surface area (Å²) in [7, 11) is -1.04. The van der Waals surface area contributed by atoms with Crippen LogP contribution in [0.2, 0.25) is 0 Å². The molecule has 2 aromatic rings. The van der Waals surface area contributed by atoms with Gasteiger partial charge in [0, 0.05) is 22.8 Å². The molecule has 0 spiro atoms. The van der Waals surface area contributed by atoms with E-state index in [2.05, 4.69) is 20.3 Å². The summed E-state index contributed by atoms with van der Waals surface area (Å²) in [6.45, 7) is 0. The zero-order valence-electron chi connectivity index (χ0n) is 16.2. The average molecular weight is 462 g/mol. The van der Waals surface area contributed by atoms with Crippen LogP contribution in [0, 0.1) is 11.8 Å². The van der Waals surface area contributed by atoms with Crippen molar-refractivity contribution in [2.24, 2.45) is 16.2 Å². The Balaban J connectivity index is 1.93. The third kappa shape index (κ3) is 5.13. The zero-order valence-corrected chi connectivity index (χ0v) is 18.6. The lowest BCUT2D eigenvalue weighted by atomic mass is 9.76. The van der Waals surface area contributed by atoms with Crippen LogP contribution in [0.1, 0.15) is 43.8 Å². The highest BCUT2D eigenvalue weighted by Crippen LogP contribution is 2.38. The molecule has 3 rings (SSSR count). The van der Waals surface area contributed by atoms with Crippen molar-refractivity contribution in [3.8, 4) is 0 Å². The SMILES string of the molecule is CN=S(=O)(/C=C\[C@@H](C1CCCCC1)[C@@H](O)c1ccc(Br)cc1)c1ccccc1. The predicted molar refractivity (Wildman–Crippen MR) is 120 cm³/mol. The summed E-state index contributed by atoms with van der Waals surface area (Å²) < 4.78 is 18.6. The third-order valence-electron chi connectivity index (χ3n) is 5.61. The number of aliphatic hydroxyl groups is 1. The minimum absolute atomic E-state index is 0.0761. The molecule has 0 radical (unpaired) electrons. The van der Waals surface area contributed by atoms with Crippen molar-refractivity contribution in [2.45, 2.75) is 43.1 Å². The molecular formula is C23H28BrNO2S. The molecule has 150 valence electrons. The Labute approximate surface area is 177 Å². The molecule has 2 aromatic carbocycles. The molecule has 0 heterocycles. The topological polar surface area (TPSA) is 49.7 Å². The van der Waals surface area contributed by atoms with Crippen molar-refractivity contribution in [3.05, 3.63) is 76.1 Å². The predicted octanol–water partition coefficient (Wildman–Crippen LogP) is 6.35. The number of benzene rings is 2. The lowest BCUT2D eigenvalue weighted by Crippen LogP contribution is -2.23. The van der Waals surface area contributed by atoms with Gasteiger partial charge in [0.15, 0.2) is 0 Å². The van der Waals surface area contributed by atoms with Crippen LogP contribution in [0.25, 0.3) is 0 Å². The molecule has 28 heavy (non-hydrogen) atoms. The smallest absolute Gasteiger partial charge is 0.0963 e. The van der Waals surface area contributed by atoms with Crippen LogP contribution < -0.4 is 0 Å². The van der Waals surface area contributed by atoms with E-state index in [-0.39, 0.29) is 5.92 Å². The summed E-state index contributed by atoms with van der Waals surface area (Å²) in [6, 6.07) is 17.2. The summed E-state index contributed by atoms with van der Waals surface area (Å²) >= 11 is 3.45.